The zero-order valence-electron chi connectivity index (χ0n) is 9.08. The number of Topliss-reactive ketones (excluding diaryl/α,β-unsaturated/α-hetero) is 1. The van der Waals surface area contributed by atoms with Crippen molar-refractivity contribution in [2.75, 3.05) is 6.61 Å². The highest BCUT2D eigenvalue weighted by Gasteiger charge is 2.16. The van der Waals surface area contributed by atoms with Gasteiger partial charge in [-0.2, -0.15) is 0 Å². The summed E-state index contributed by atoms with van der Waals surface area (Å²) in [7, 11) is 0. The third kappa shape index (κ3) is 3.09. The number of hydrogen-bond acceptors (Lipinski definition) is 3. The fourth-order valence-electron chi connectivity index (χ4n) is 1.95. The molecule has 1 aliphatic rings. The molecule has 0 saturated carbocycles. The normalized spacial score (nSPS) is 20.2. The van der Waals surface area contributed by atoms with E-state index in [0.29, 0.717) is 18.3 Å². The molecule has 0 amide bonds. The van der Waals surface area contributed by atoms with E-state index in [1.807, 2.05) is 0 Å². The summed E-state index contributed by atoms with van der Waals surface area (Å²) in [6.45, 7) is 0.867. The maximum absolute atomic E-state index is 11.6. The van der Waals surface area contributed by atoms with E-state index in [2.05, 4.69) is 0 Å². The Bertz CT molecular complexity index is 353. The number of hydrogen-bond donors (Lipinski definition) is 0. The summed E-state index contributed by atoms with van der Waals surface area (Å²) < 4.78 is 10.5. The number of ketones is 1. The number of furan rings is 1. The summed E-state index contributed by atoms with van der Waals surface area (Å²) in [6.07, 6.45) is 4.94. The van der Waals surface area contributed by atoms with Crippen molar-refractivity contribution in [1.82, 2.24) is 0 Å². The van der Waals surface area contributed by atoms with Gasteiger partial charge in [0, 0.05) is 13.0 Å². The van der Waals surface area contributed by atoms with Gasteiger partial charge in [0.05, 0.1) is 6.10 Å². The van der Waals surface area contributed by atoms with Gasteiger partial charge in [-0.25, -0.2) is 0 Å². The van der Waals surface area contributed by atoms with Gasteiger partial charge in [-0.15, -0.1) is 0 Å². The molecule has 0 spiro atoms. The number of halogens is 1. The largest absolute Gasteiger partial charge is 0.442 e. The van der Waals surface area contributed by atoms with Crippen LogP contribution in [0, 0.1) is 0 Å². The second kappa shape index (κ2) is 5.51. The molecule has 88 valence electrons. The average molecular weight is 243 g/mol. The summed E-state index contributed by atoms with van der Waals surface area (Å²) in [4.78, 5) is 11.6. The van der Waals surface area contributed by atoms with Crippen LogP contribution in [0.3, 0.4) is 0 Å². The summed E-state index contributed by atoms with van der Waals surface area (Å²) in [6, 6.07) is 3.21. The van der Waals surface area contributed by atoms with Crippen molar-refractivity contribution in [3.63, 3.8) is 0 Å². The Morgan fingerprint density at radius 1 is 1.50 bits per heavy atom. The first-order valence-electron chi connectivity index (χ1n) is 5.66. The van der Waals surface area contributed by atoms with Crippen LogP contribution in [0.5, 0.6) is 0 Å². The fourth-order valence-corrected chi connectivity index (χ4v) is 2.10. The molecule has 1 aromatic heterocycles. The molecule has 1 aliphatic heterocycles. The van der Waals surface area contributed by atoms with Gasteiger partial charge in [0.2, 0.25) is 0 Å². The number of ether oxygens (including phenoxy) is 1. The van der Waals surface area contributed by atoms with Gasteiger partial charge in [-0.1, -0.05) is 0 Å². The molecule has 0 N–H and O–H groups in total. The first-order chi connectivity index (χ1) is 7.75. The van der Waals surface area contributed by atoms with E-state index in [-0.39, 0.29) is 11.0 Å². The van der Waals surface area contributed by atoms with Crippen LogP contribution in [0.4, 0.5) is 0 Å². The minimum Gasteiger partial charge on any atom is -0.442 e. The molecule has 16 heavy (non-hydrogen) atoms. The highest BCUT2D eigenvalue weighted by Crippen LogP contribution is 2.19. The second-order valence-corrected chi connectivity index (χ2v) is 4.43. The van der Waals surface area contributed by atoms with Crippen LogP contribution in [-0.4, -0.2) is 18.5 Å². The van der Waals surface area contributed by atoms with Crippen LogP contribution in [0.1, 0.15) is 42.7 Å². The lowest BCUT2D eigenvalue weighted by atomic mass is 10.1. The fraction of sp³-hybridized carbons (Fsp3) is 0.583. The monoisotopic (exact) mass is 242 g/mol. The van der Waals surface area contributed by atoms with Crippen LogP contribution >= 0.6 is 11.6 Å². The molecular weight excluding hydrogens is 228 g/mol. The molecule has 0 radical (unpaired) electrons. The molecule has 2 heterocycles. The van der Waals surface area contributed by atoms with Crippen LogP contribution in [0.15, 0.2) is 16.5 Å². The van der Waals surface area contributed by atoms with Gasteiger partial charge >= 0.3 is 0 Å². The number of carbonyl (C=O) groups is 1. The SMILES string of the molecule is O=C(CCCC1CCCO1)c1ccc(Cl)o1. The summed E-state index contributed by atoms with van der Waals surface area (Å²) in [5.41, 5.74) is 0. The molecule has 0 aliphatic carbocycles. The first-order valence-corrected chi connectivity index (χ1v) is 6.03. The Morgan fingerprint density at radius 2 is 2.38 bits per heavy atom. The summed E-state index contributed by atoms with van der Waals surface area (Å²) in [5.74, 6) is 0.377. The lowest BCUT2D eigenvalue weighted by molar-refractivity contribution is 0.0903. The summed E-state index contributed by atoms with van der Waals surface area (Å²) >= 11 is 5.60. The van der Waals surface area contributed by atoms with Crippen molar-refractivity contribution in [1.29, 1.82) is 0 Å². The molecule has 3 nitrogen and oxygen atoms in total. The highest BCUT2D eigenvalue weighted by molar-refractivity contribution is 6.29. The molecule has 1 fully saturated rings. The van der Waals surface area contributed by atoms with Crippen LogP contribution < -0.4 is 0 Å². The predicted molar refractivity (Wildman–Crippen MR) is 60.9 cm³/mol. The molecule has 0 aromatic carbocycles. The molecule has 1 aromatic rings. The standard InChI is InChI=1S/C12H15ClO3/c13-12-7-6-11(16-12)10(14)5-1-3-9-4-2-8-15-9/h6-7,9H,1-5,8H2. The van der Waals surface area contributed by atoms with E-state index in [1.54, 1.807) is 12.1 Å². The molecule has 1 unspecified atom stereocenters. The summed E-state index contributed by atoms with van der Waals surface area (Å²) in [5, 5.41) is 0.266. The number of rotatable bonds is 5. The quantitative estimate of drug-likeness (QED) is 0.743. The van der Waals surface area contributed by atoms with Gasteiger partial charge in [-0.05, 0) is 49.4 Å². The Labute approximate surface area is 99.7 Å². The Kier molecular flexibility index (Phi) is 4.02. The van der Waals surface area contributed by atoms with Crippen molar-refractivity contribution in [2.24, 2.45) is 0 Å². The van der Waals surface area contributed by atoms with Gasteiger partial charge in [0.15, 0.2) is 16.8 Å². The van der Waals surface area contributed by atoms with Crippen LogP contribution in [0.25, 0.3) is 0 Å². The molecular formula is C12H15ClO3. The smallest absolute Gasteiger partial charge is 0.198 e. The minimum absolute atomic E-state index is 0.0184. The van der Waals surface area contributed by atoms with E-state index in [1.165, 1.54) is 0 Å². The van der Waals surface area contributed by atoms with Crippen molar-refractivity contribution >= 4 is 17.4 Å². The third-order valence-corrected chi connectivity index (χ3v) is 3.01. The molecule has 0 bridgehead atoms. The third-order valence-electron chi connectivity index (χ3n) is 2.80. The molecule has 4 heteroatoms. The van der Waals surface area contributed by atoms with Gasteiger partial charge < -0.3 is 9.15 Å². The Balaban J connectivity index is 1.71. The molecule has 2 rings (SSSR count). The Morgan fingerprint density at radius 3 is 3.00 bits per heavy atom. The van der Waals surface area contributed by atoms with E-state index >= 15 is 0 Å². The van der Waals surface area contributed by atoms with Crippen molar-refractivity contribution in [3.05, 3.63) is 23.1 Å². The maximum atomic E-state index is 11.6. The van der Waals surface area contributed by atoms with Gasteiger partial charge in [0.25, 0.3) is 0 Å². The van der Waals surface area contributed by atoms with E-state index < -0.39 is 0 Å². The average Bonchev–Trinajstić information content (AvgIpc) is 2.89. The van der Waals surface area contributed by atoms with Crippen molar-refractivity contribution in [3.8, 4) is 0 Å². The zero-order chi connectivity index (χ0) is 11.4. The zero-order valence-corrected chi connectivity index (χ0v) is 9.83. The highest BCUT2D eigenvalue weighted by atomic mass is 35.5. The number of carbonyl (C=O) groups excluding carboxylic acids is 1. The minimum atomic E-state index is 0.0184. The van der Waals surface area contributed by atoms with Gasteiger partial charge in [-0.3, -0.25) is 4.79 Å². The van der Waals surface area contributed by atoms with Crippen molar-refractivity contribution < 1.29 is 13.9 Å². The topological polar surface area (TPSA) is 39.4 Å². The lowest BCUT2D eigenvalue weighted by Gasteiger charge is -2.07. The van der Waals surface area contributed by atoms with E-state index in [9.17, 15) is 4.79 Å². The molecule has 1 atom stereocenters. The van der Waals surface area contributed by atoms with E-state index in [4.69, 9.17) is 20.8 Å². The second-order valence-electron chi connectivity index (χ2n) is 4.05. The van der Waals surface area contributed by atoms with Gasteiger partial charge in [0.1, 0.15) is 0 Å². The van der Waals surface area contributed by atoms with Crippen LogP contribution in [0.2, 0.25) is 5.22 Å². The predicted octanol–water partition coefficient (Wildman–Crippen LogP) is 3.47. The Hall–Kier alpha value is -0.800. The van der Waals surface area contributed by atoms with E-state index in [0.717, 1.165) is 32.3 Å². The van der Waals surface area contributed by atoms with Crippen molar-refractivity contribution in [2.45, 2.75) is 38.2 Å². The lowest BCUT2D eigenvalue weighted by Crippen LogP contribution is -2.06. The molecule has 1 saturated heterocycles. The maximum Gasteiger partial charge on any atom is 0.198 e. The van der Waals surface area contributed by atoms with Crippen LogP contribution in [-0.2, 0) is 4.74 Å². The first kappa shape index (κ1) is 11.7.